The highest BCUT2D eigenvalue weighted by atomic mass is 14.9. The lowest BCUT2D eigenvalue weighted by molar-refractivity contribution is 0.451. The number of fused-ring (bicyclic) bond motifs is 1. The van der Waals surface area contributed by atoms with Crippen LogP contribution in [0, 0.1) is 0 Å². The van der Waals surface area contributed by atoms with Crippen molar-refractivity contribution in [3.8, 4) is 0 Å². The van der Waals surface area contributed by atoms with Gasteiger partial charge in [-0.25, -0.2) is 0 Å². The molecule has 0 saturated heterocycles. The number of hydrogen-bond acceptors (Lipinski definition) is 1. The summed E-state index contributed by atoms with van der Waals surface area (Å²) in [6.07, 6.45) is 2.45. The van der Waals surface area contributed by atoms with Crippen LogP contribution < -0.4 is 5.32 Å². The maximum Gasteiger partial charge on any atom is 0.0130 e. The van der Waals surface area contributed by atoms with Gasteiger partial charge in [0.1, 0.15) is 0 Å². The third kappa shape index (κ3) is 2.73. The molecule has 2 atom stereocenters. The van der Waals surface area contributed by atoms with Gasteiger partial charge >= 0.3 is 0 Å². The monoisotopic (exact) mass is 241 g/mol. The second kappa shape index (κ2) is 6.01. The number of benzene rings is 2. The van der Waals surface area contributed by atoms with Crippen LogP contribution >= 0.6 is 0 Å². The molecule has 1 heteroatoms. The van der Waals surface area contributed by atoms with Gasteiger partial charge in [0.05, 0.1) is 0 Å². The Kier molecular flexibility index (Phi) is 4.38. The van der Waals surface area contributed by atoms with E-state index < -0.39 is 0 Å². The largest absolute Gasteiger partial charge is 0.316 e. The van der Waals surface area contributed by atoms with Gasteiger partial charge in [-0.1, -0.05) is 62.7 Å². The van der Waals surface area contributed by atoms with Gasteiger partial charge in [0.2, 0.25) is 0 Å². The van der Waals surface area contributed by atoms with Crippen molar-refractivity contribution in [1.82, 2.24) is 5.32 Å². The first-order valence-corrected chi connectivity index (χ1v) is 6.92. The molecule has 0 heterocycles. The van der Waals surface area contributed by atoms with Gasteiger partial charge in [-0.05, 0) is 35.7 Å². The number of likely N-dealkylation sites (N-methyl/N-ethyl adjacent to an activating group) is 1. The minimum atomic E-state index is 0.555. The Bertz CT molecular complexity index is 504. The average molecular weight is 241 g/mol. The Balaban J connectivity index is 2.29. The van der Waals surface area contributed by atoms with Crippen molar-refractivity contribution in [3.63, 3.8) is 0 Å². The standard InChI is InChI=1S/C17H23N/c1-4-7-17(18-3)13(2)15-11-10-14-8-5-6-9-16(14)12-15/h5-6,8-13,17-18H,4,7H2,1-3H3. The number of nitrogens with one attached hydrogen (secondary N) is 1. The zero-order valence-electron chi connectivity index (χ0n) is 11.6. The predicted molar refractivity (Wildman–Crippen MR) is 80.1 cm³/mol. The Morgan fingerprint density at radius 3 is 2.44 bits per heavy atom. The number of rotatable bonds is 5. The summed E-state index contributed by atoms with van der Waals surface area (Å²) in [6.45, 7) is 4.57. The molecule has 18 heavy (non-hydrogen) atoms. The van der Waals surface area contributed by atoms with Crippen molar-refractivity contribution >= 4 is 10.8 Å². The zero-order valence-corrected chi connectivity index (χ0v) is 11.6. The molecule has 0 aliphatic rings. The molecule has 0 bridgehead atoms. The minimum Gasteiger partial charge on any atom is -0.316 e. The SMILES string of the molecule is CCCC(NC)C(C)c1ccc2ccccc2c1. The predicted octanol–water partition coefficient (Wildman–Crippen LogP) is 4.33. The van der Waals surface area contributed by atoms with Crippen LogP contribution in [0.5, 0.6) is 0 Å². The molecule has 0 amide bonds. The molecule has 2 aromatic rings. The molecule has 2 rings (SSSR count). The van der Waals surface area contributed by atoms with Crippen LogP contribution in [0.2, 0.25) is 0 Å². The van der Waals surface area contributed by atoms with E-state index >= 15 is 0 Å². The van der Waals surface area contributed by atoms with E-state index in [1.807, 2.05) is 0 Å². The van der Waals surface area contributed by atoms with E-state index in [4.69, 9.17) is 0 Å². The Labute approximate surface area is 110 Å². The highest BCUT2D eigenvalue weighted by Crippen LogP contribution is 2.25. The summed E-state index contributed by atoms with van der Waals surface area (Å²) in [7, 11) is 2.07. The topological polar surface area (TPSA) is 12.0 Å². The maximum atomic E-state index is 3.45. The van der Waals surface area contributed by atoms with E-state index in [2.05, 4.69) is 68.7 Å². The molecule has 0 aliphatic heterocycles. The first-order valence-electron chi connectivity index (χ1n) is 6.92. The van der Waals surface area contributed by atoms with Crippen molar-refractivity contribution in [1.29, 1.82) is 0 Å². The third-order valence-corrected chi connectivity index (χ3v) is 3.87. The fraction of sp³-hybridized carbons (Fsp3) is 0.412. The molecule has 0 spiro atoms. The molecule has 2 aromatic carbocycles. The second-order valence-electron chi connectivity index (χ2n) is 5.08. The first kappa shape index (κ1) is 13.1. The van der Waals surface area contributed by atoms with Crippen LogP contribution in [0.1, 0.15) is 38.2 Å². The fourth-order valence-electron chi connectivity index (χ4n) is 2.68. The zero-order chi connectivity index (χ0) is 13.0. The average Bonchev–Trinajstić information content (AvgIpc) is 2.43. The maximum absolute atomic E-state index is 3.45. The quantitative estimate of drug-likeness (QED) is 0.821. The van der Waals surface area contributed by atoms with Crippen LogP contribution in [0.15, 0.2) is 42.5 Å². The fourth-order valence-corrected chi connectivity index (χ4v) is 2.68. The lowest BCUT2D eigenvalue weighted by Crippen LogP contribution is -2.30. The van der Waals surface area contributed by atoms with Crippen LogP contribution in [0.25, 0.3) is 10.8 Å². The van der Waals surface area contributed by atoms with Gasteiger partial charge in [-0.3, -0.25) is 0 Å². The van der Waals surface area contributed by atoms with Crippen molar-refractivity contribution in [3.05, 3.63) is 48.0 Å². The van der Waals surface area contributed by atoms with Crippen molar-refractivity contribution < 1.29 is 0 Å². The minimum absolute atomic E-state index is 0.555. The summed E-state index contributed by atoms with van der Waals surface area (Å²) in [5, 5.41) is 6.11. The third-order valence-electron chi connectivity index (χ3n) is 3.87. The molecule has 0 aliphatic carbocycles. The Morgan fingerprint density at radius 1 is 1.06 bits per heavy atom. The summed E-state index contributed by atoms with van der Waals surface area (Å²) < 4.78 is 0. The van der Waals surface area contributed by atoms with E-state index in [-0.39, 0.29) is 0 Å². The normalized spacial score (nSPS) is 14.6. The van der Waals surface area contributed by atoms with Gasteiger partial charge in [-0.15, -0.1) is 0 Å². The van der Waals surface area contributed by atoms with E-state index in [0.29, 0.717) is 12.0 Å². The van der Waals surface area contributed by atoms with Crippen molar-refractivity contribution in [2.24, 2.45) is 0 Å². The van der Waals surface area contributed by atoms with E-state index in [0.717, 1.165) is 0 Å². The van der Waals surface area contributed by atoms with Gasteiger partial charge in [0, 0.05) is 6.04 Å². The summed E-state index contributed by atoms with van der Waals surface area (Å²) in [5.74, 6) is 0.555. The molecule has 0 radical (unpaired) electrons. The van der Waals surface area contributed by atoms with Gasteiger partial charge in [0.15, 0.2) is 0 Å². The highest BCUT2D eigenvalue weighted by molar-refractivity contribution is 5.83. The molecular weight excluding hydrogens is 218 g/mol. The van der Waals surface area contributed by atoms with Crippen molar-refractivity contribution in [2.45, 2.75) is 38.6 Å². The van der Waals surface area contributed by atoms with Crippen LogP contribution in [-0.2, 0) is 0 Å². The molecule has 1 N–H and O–H groups in total. The van der Waals surface area contributed by atoms with Gasteiger partial charge < -0.3 is 5.32 Å². The van der Waals surface area contributed by atoms with Gasteiger partial charge in [-0.2, -0.15) is 0 Å². The Hall–Kier alpha value is -1.34. The second-order valence-corrected chi connectivity index (χ2v) is 5.08. The van der Waals surface area contributed by atoms with E-state index in [1.165, 1.54) is 29.2 Å². The summed E-state index contributed by atoms with van der Waals surface area (Å²) >= 11 is 0. The lowest BCUT2D eigenvalue weighted by Gasteiger charge is -2.24. The van der Waals surface area contributed by atoms with E-state index in [9.17, 15) is 0 Å². The van der Waals surface area contributed by atoms with E-state index in [1.54, 1.807) is 0 Å². The number of hydrogen-bond donors (Lipinski definition) is 1. The molecule has 1 nitrogen and oxygen atoms in total. The van der Waals surface area contributed by atoms with Crippen LogP contribution in [0.3, 0.4) is 0 Å². The Morgan fingerprint density at radius 2 is 1.78 bits per heavy atom. The molecule has 0 aromatic heterocycles. The smallest absolute Gasteiger partial charge is 0.0130 e. The lowest BCUT2D eigenvalue weighted by atomic mass is 9.89. The summed E-state index contributed by atoms with van der Waals surface area (Å²) in [5.41, 5.74) is 1.43. The molecular formula is C17H23N. The molecule has 96 valence electrons. The highest BCUT2D eigenvalue weighted by Gasteiger charge is 2.16. The van der Waals surface area contributed by atoms with Crippen molar-refractivity contribution in [2.75, 3.05) is 7.05 Å². The molecule has 0 fully saturated rings. The van der Waals surface area contributed by atoms with Crippen LogP contribution in [-0.4, -0.2) is 13.1 Å². The summed E-state index contributed by atoms with van der Waals surface area (Å²) in [4.78, 5) is 0. The van der Waals surface area contributed by atoms with Gasteiger partial charge in [0.25, 0.3) is 0 Å². The first-order chi connectivity index (χ1) is 8.76. The van der Waals surface area contributed by atoms with Crippen LogP contribution in [0.4, 0.5) is 0 Å². The molecule has 0 saturated carbocycles. The summed E-state index contributed by atoms with van der Waals surface area (Å²) in [6, 6.07) is 16.0. The molecule has 2 unspecified atom stereocenters.